The van der Waals surface area contributed by atoms with Crippen molar-refractivity contribution in [2.24, 2.45) is 10.7 Å². The van der Waals surface area contributed by atoms with Crippen LogP contribution in [0, 0.1) is 0 Å². The van der Waals surface area contributed by atoms with Crippen molar-refractivity contribution in [3.63, 3.8) is 0 Å². The summed E-state index contributed by atoms with van der Waals surface area (Å²) in [6.07, 6.45) is 0.797. The van der Waals surface area contributed by atoms with Crippen LogP contribution in [0.15, 0.2) is 46.7 Å². The van der Waals surface area contributed by atoms with Crippen molar-refractivity contribution in [1.82, 2.24) is 9.55 Å². The standard InChI is InChI=1S/C17H21N5O/c1-10(2)15(20-12(4)11(3)18)8-22-16-7-13(9-23)5-6-14(16)21-17(22)19/h5-7,9H,1,8,18H2,2-4H3,(H2,19,21)/b12-11-,20-15?. The molecule has 0 unspecified atom stereocenters. The second-order valence-corrected chi connectivity index (χ2v) is 5.53. The average molecular weight is 311 g/mol. The first-order chi connectivity index (χ1) is 10.8. The van der Waals surface area contributed by atoms with E-state index < -0.39 is 0 Å². The molecule has 2 aromatic rings. The van der Waals surface area contributed by atoms with Gasteiger partial charge >= 0.3 is 0 Å². The third-order valence-electron chi connectivity index (χ3n) is 3.61. The Hall–Kier alpha value is -2.89. The monoisotopic (exact) mass is 311 g/mol. The molecule has 0 amide bonds. The van der Waals surface area contributed by atoms with E-state index in [-0.39, 0.29) is 0 Å². The van der Waals surface area contributed by atoms with Crippen molar-refractivity contribution in [3.05, 3.63) is 47.3 Å². The maximum atomic E-state index is 11.0. The first kappa shape index (κ1) is 16.5. The van der Waals surface area contributed by atoms with Gasteiger partial charge in [-0.1, -0.05) is 6.58 Å². The molecule has 4 N–H and O–H groups in total. The van der Waals surface area contributed by atoms with E-state index in [1.165, 1.54) is 0 Å². The normalized spacial score (nSPS) is 13.1. The minimum Gasteiger partial charge on any atom is -0.401 e. The molecule has 0 aliphatic heterocycles. The van der Waals surface area contributed by atoms with Crippen molar-refractivity contribution in [1.29, 1.82) is 0 Å². The number of fused-ring (bicyclic) bond motifs is 1. The predicted octanol–water partition coefficient (Wildman–Crippen LogP) is 2.66. The minimum atomic E-state index is 0.364. The van der Waals surface area contributed by atoms with E-state index in [9.17, 15) is 4.79 Å². The number of hydrogen-bond donors (Lipinski definition) is 2. The highest BCUT2D eigenvalue weighted by Crippen LogP contribution is 2.20. The van der Waals surface area contributed by atoms with Crippen LogP contribution < -0.4 is 11.5 Å². The quantitative estimate of drug-likeness (QED) is 0.655. The smallest absolute Gasteiger partial charge is 0.201 e. The zero-order valence-electron chi connectivity index (χ0n) is 13.6. The fourth-order valence-corrected chi connectivity index (χ4v) is 2.10. The van der Waals surface area contributed by atoms with Crippen molar-refractivity contribution in [2.75, 3.05) is 5.73 Å². The fourth-order valence-electron chi connectivity index (χ4n) is 2.10. The van der Waals surface area contributed by atoms with Gasteiger partial charge in [0.2, 0.25) is 5.95 Å². The summed E-state index contributed by atoms with van der Waals surface area (Å²) in [6, 6.07) is 5.25. The van der Waals surface area contributed by atoms with E-state index in [4.69, 9.17) is 11.5 Å². The van der Waals surface area contributed by atoms with Crippen LogP contribution in [0.3, 0.4) is 0 Å². The highest BCUT2D eigenvalue weighted by molar-refractivity contribution is 6.00. The molecular formula is C17H21N5O. The number of nitrogen functional groups attached to an aromatic ring is 1. The molecule has 0 atom stereocenters. The molecule has 2 rings (SSSR count). The van der Waals surface area contributed by atoms with Crippen LogP contribution in [0.25, 0.3) is 11.0 Å². The molecule has 6 heteroatoms. The predicted molar refractivity (Wildman–Crippen MR) is 94.3 cm³/mol. The van der Waals surface area contributed by atoms with Gasteiger partial charge in [0, 0.05) is 11.3 Å². The molecule has 1 aromatic heterocycles. The lowest BCUT2D eigenvalue weighted by Crippen LogP contribution is -2.14. The van der Waals surface area contributed by atoms with Crippen LogP contribution >= 0.6 is 0 Å². The number of aldehydes is 1. The van der Waals surface area contributed by atoms with E-state index in [0.29, 0.717) is 23.8 Å². The fraction of sp³-hybridized carbons (Fsp3) is 0.235. The molecule has 23 heavy (non-hydrogen) atoms. The summed E-state index contributed by atoms with van der Waals surface area (Å²) in [5.41, 5.74) is 16.9. The zero-order chi connectivity index (χ0) is 17.1. The lowest BCUT2D eigenvalue weighted by molar-refractivity contribution is 0.112. The number of anilines is 1. The number of nitrogens with two attached hydrogens (primary N) is 2. The molecule has 0 bridgehead atoms. The molecule has 0 aliphatic rings. The molecular weight excluding hydrogens is 290 g/mol. The van der Waals surface area contributed by atoms with Gasteiger partial charge in [0.05, 0.1) is 29.0 Å². The van der Waals surface area contributed by atoms with Crippen molar-refractivity contribution in [3.8, 4) is 0 Å². The topological polar surface area (TPSA) is 99.3 Å². The van der Waals surface area contributed by atoms with Crippen molar-refractivity contribution in [2.45, 2.75) is 27.3 Å². The van der Waals surface area contributed by atoms with E-state index in [0.717, 1.165) is 34.3 Å². The van der Waals surface area contributed by atoms with Gasteiger partial charge in [-0.25, -0.2) is 4.98 Å². The highest BCUT2D eigenvalue weighted by atomic mass is 16.1. The maximum Gasteiger partial charge on any atom is 0.201 e. The van der Waals surface area contributed by atoms with Crippen LogP contribution in [0.1, 0.15) is 31.1 Å². The first-order valence-electron chi connectivity index (χ1n) is 7.20. The average Bonchev–Trinajstić information content (AvgIpc) is 2.81. The molecule has 0 fully saturated rings. The molecule has 1 heterocycles. The van der Waals surface area contributed by atoms with Crippen molar-refractivity contribution < 1.29 is 4.79 Å². The number of rotatable bonds is 5. The lowest BCUT2D eigenvalue weighted by atomic mass is 10.2. The molecule has 1 aromatic carbocycles. The van der Waals surface area contributed by atoms with E-state index >= 15 is 0 Å². The number of hydrogen-bond acceptors (Lipinski definition) is 5. The second kappa shape index (κ2) is 6.48. The molecule has 0 radical (unpaired) electrons. The van der Waals surface area contributed by atoms with Gasteiger partial charge in [0.15, 0.2) is 0 Å². The number of allylic oxidation sites excluding steroid dienone is 3. The molecule has 120 valence electrons. The lowest BCUT2D eigenvalue weighted by Gasteiger charge is -2.11. The maximum absolute atomic E-state index is 11.0. The Balaban J connectivity index is 2.54. The van der Waals surface area contributed by atoms with Gasteiger partial charge in [-0.05, 0) is 44.5 Å². The molecule has 0 saturated heterocycles. The van der Waals surface area contributed by atoms with Crippen LogP contribution in [-0.2, 0) is 6.54 Å². The van der Waals surface area contributed by atoms with Crippen molar-refractivity contribution >= 4 is 29.0 Å². The summed E-state index contributed by atoms with van der Waals surface area (Å²) in [6.45, 7) is 9.90. The zero-order valence-corrected chi connectivity index (χ0v) is 13.6. The summed E-state index contributed by atoms with van der Waals surface area (Å²) >= 11 is 0. The third kappa shape index (κ3) is 3.48. The number of imidazole rings is 1. The summed E-state index contributed by atoms with van der Waals surface area (Å²) in [4.78, 5) is 19.9. The van der Waals surface area contributed by atoms with Gasteiger partial charge in [-0.2, -0.15) is 0 Å². The number of carbonyl (C=O) groups excluding carboxylic acids is 1. The summed E-state index contributed by atoms with van der Waals surface area (Å²) in [5, 5.41) is 0. The van der Waals surface area contributed by atoms with E-state index in [2.05, 4.69) is 16.6 Å². The highest BCUT2D eigenvalue weighted by Gasteiger charge is 2.12. The van der Waals surface area contributed by atoms with Gasteiger partial charge in [0.25, 0.3) is 0 Å². The minimum absolute atomic E-state index is 0.364. The van der Waals surface area contributed by atoms with Crippen LogP contribution in [0.4, 0.5) is 5.95 Å². The summed E-state index contributed by atoms with van der Waals surface area (Å²) in [5.74, 6) is 0.364. The number of nitrogens with zero attached hydrogens (tertiary/aromatic N) is 3. The SMILES string of the molecule is C=C(C)C(Cn1c(N)nc2ccc(C=O)cc21)=N/C(C)=C(/C)N. The summed E-state index contributed by atoms with van der Waals surface area (Å²) in [7, 11) is 0. The van der Waals surface area contributed by atoms with Gasteiger partial charge < -0.3 is 16.0 Å². The largest absolute Gasteiger partial charge is 0.401 e. The Labute approximate surface area is 135 Å². The van der Waals surface area contributed by atoms with Crippen LogP contribution in [-0.4, -0.2) is 21.5 Å². The Morgan fingerprint density at radius 1 is 1.39 bits per heavy atom. The molecule has 6 nitrogen and oxygen atoms in total. The van der Waals surface area contributed by atoms with E-state index in [1.807, 2.05) is 18.4 Å². The first-order valence-corrected chi connectivity index (χ1v) is 7.20. The number of carbonyl (C=O) groups is 1. The van der Waals surface area contributed by atoms with Crippen LogP contribution in [0.2, 0.25) is 0 Å². The Bertz CT molecular complexity index is 838. The van der Waals surface area contributed by atoms with Gasteiger partial charge in [-0.3, -0.25) is 9.79 Å². The Morgan fingerprint density at radius 3 is 2.65 bits per heavy atom. The Kier molecular flexibility index (Phi) is 4.64. The Morgan fingerprint density at radius 2 is 2.09 bits per heavy atom. The molecule has 0 aliphatic carbocycles. The molecule has 0 spiro atoms. The number of benzene rings is 1. The summed E-state index contributed by atoms with van der Waals surface area (Å²) < 4.78 is 1.81. The number of aromatic nitrogens is 2. The third-order valence-corrected chi connectivity index (χ3v) is 3.61. The van der Waals surface area contributed by atoms with Gasteiger partial charge in [-0.15, -0.1) is 0 Å². The van der Waals surface area contributed by atoms with E-state index in [1.54, 1.807) is 25.1 Å². The second-order valence-electron chi connectivity index (χ2n) is 5.53. The van der Waals surface area contributed by atoms with Crippen LogP contribution in [0.5, 0.6) is 0 Å². The number of aliphatic imine (C=N–C) groups is 1. The molecule has 0 saturated carbocycles. The van der Waals surface area contributed by atoms with Gasteiger partial charge in [0.1, 0.15) is 6.29 Å².